The van der Waals surface area contributed by atoms with Gasteiger partial charge >= 0.3 is 0 Å². The number of nitrogens with one attached hydrogen (secondary N) is 1. The Balaban J connectivity index is 1.53. The summed E-state index contributed by atoms with van der Waals surface area (Å²) in [7, 11) is 3.26. The Kier molecular flexibility index (Phi) is 7.73. The van der Waals surface area contributed by atoms with E-state index in [4.69, 9.17) is 24.5 Å². The number of anilines is 1. The first-order valence-corrected chi connectivity index (χ1v) is 13.6. The molecule has 9 nitrogen and oxygen atoms in total. The second-order valence-corrected chi connectivity index (χ2v) is 10.2. The molecule has 0 radical (unpaired) electrons. The van der Waals surface area contributed by atoms with Gasteiger partial charge < -0.3 is 14.8 Å². The third kappa shape index (κ3) is 5.50. The Morgan fingerprint density at radius 2 is 1.70 bits per heavy atom. The van der Waals surface area contributed by atoms with E-state index in [0.29, 0.717) is 30.9 Å². The highest BCUT2D eigenvalue weighted by atomic mass is 16.5. The van der Waals surface area contributed by atoms with Crippen LogP contribution in [0.5, 0.6) is 11.5 Å². The van der Waals surface area contributed by atoms with Crippen molar-refractivity contribution in [1.82, 2.24) is 29.4 Å². The predicted octanol–water partition coefficient (Wildman–Crippen LogP) is 5.85. The largest absolute Gasteiger partial charge is 0.493 e. The third-order valence-electron chi connectivity index (χ3n) is 7.31. The maximum Gasteiger partial charge on any atom is 0.167 e. The van der Waals surface area contributed by atoms with Crippen LogP contribution in [0.2, 0.25) is 0 Å². The molecule has 40 heavy (non-hydrogen) atoms. The van der Waals surface area contributed by atoms with Gasteiger partial charge in [0, 0.05) is 53.8 Å². The van der Waals surface area contributed by atoms with Crippen molar-refractivity contribution in [1.29, 1.82) is 0 Å². The first kappa shape index (κ1) is 27.2. The molecule has 0 saturated heterocycles. The molecule has 0 amide bonds. The molecule has 3 aromatic heterocycles. The van der Waals surface area contributed by atoms with Gasteiger partial charge in [0.05, 0.1) is 25.4 Å². The Morgan fingerprint density at radius 1 is 0.975 bits per heavy atom. The lowest BCUT2D eigenvalue weighted by molar-refractivity contribution is 0.356. The number of fused-ring (bicyclic) bond motifs is 3. The van der Waals surface area contributed by atoms with Crippen molar-refractivity contribution < 1.29 is 9.47 Å². The molecule has 0 aliphatic rings. The molecule has 0 bridgehead atoms. The molecular weight excluding hydrogens is 502 g/mol. The quantitative estimate of drug-likeness (QED) is 0.225. The number of ether oxygens (including phenoxy) is 2. The molecule has 5 aromatic rings. The zero-order chi connectivity index (χ0) is 28.4. The van der Waals surface area contributed by atoms with Gasteiger partial charge in [-0.2, -0.15) is 9.61 Å². The van der Waals surface area contributed by atoms with Gasteiger partial charge in [-0.05, 0) is 51.5 Å². The van der Waals surface area contributed by atoms with Crippen LogP contribution >= 0.6 is 0 Å². The van der Waals surface area contributed by atoms with Crippen molar-refractivity contribution in [3.63, 3.8) is 0 Å². The van der Waals surface area contributed by atoms with Gasteiger partial charge in [0.1, 0.15) is 5.82 Å². The van der Waals surface area contributed by atoms with Crippen molar-refractivity contribution in [3.8, 4) is 11.5 Å². The van der Waals surface area contributed by atoms with Crippen LogP contribution in [0.15, 0.2) is 54.7 Å². The van der Waals surface area contributed by atoms with Crippen LogP contribution in [0.3, 0.4) is 0 Å². The fourth-order valence-corrected chi connectivity index (χ4v) is 5.04. The zero-order valence-corrected chi connectivity index (χ0v) is 24.2. The van der Waals surface area contributed by atoms with Crippen LogP contribution in [0, 0.1) is 26.7 Å². The topological polar surface area (TPSA) is 91.4 Å². The molecule has 1 N–H and O–H groups in total. The van der Waals surface area contributed by atoms with Gasteiger partial charge in [0.25, 0.3) is 0 Å². The standard InChI is InChI=1S/C31H37N7O2/c1-8-23(22(5)32-24-11-9-19(2)10-12-24)16-30-33-26-18-28(40-7)27(39-6)17-25(26)31-34-29(36-38(30)31)13-14-37-21(4)15-20(3)35-37/h9-12,15,17-18,23,32H,5,8,13-14,16H2,1-4,6-7H3. The highest BCUT2D eigenvalue weighted by molar-refractivity contribution is 5.93. The van der Waals surface area contributed by atoms with Gasteiger partial charge in [0.2, 0.25) is 0 Å². The van der Waals surface area contributed by atoms with E-state index < -0.39 is 0 Å². The molecule has 0 aliphatic heterocycles. The van der Waals surface area contributed by atoms with Crippen LogP contribution < -0.4 is 14.8 Å². The fourth-order valence-electron chi connectivity index (χ4n) is 5.04. The number of rotatable bonds is 11. The number of aryl methyl sites for hydroxylation is 5. The van der Waals surface area contributed by atoms with Gasteiger partial charge in [-0.1, -0.05) is 31.2 Å². The monoisotopic (exact) mass is 539 g/mol. The maximum absolute atomic E-state index is 5.59. The predicted molar refractivity (Wildman–Crippen MR) is 158 cm³/mol. The van der Waals surface area contributed by atoms with E-state index in [9.17, 15) is 0 Å². The Labute approximate surface area is 234 Å². The van der Waals surface area contributed by atoms with Crippen LogP contribution in [0.4, 0.5) is 5.69 Å². The third-order valence-corrected chi connectivity index (χ3v) is 7.31. The van der Waals surface area contributed by atoms with E-state index in [1.807, 2.05) is 28.3 Å². The van der Waals surface area contributed by atoms with E-state index in [2.05, 4.69) is 68.1 Å². The average Bonchev–Trinajstić information content (AvgIpc) is 3.52. The zero-order valence-electron chi connectivity index (χ0n) is 24.2. The number of hydrogen-bond donors (Lipinski definition) is 1. The Hall–Kier alpha value is -4.40. The summed E-state index contributed by atoms with van der Waals surface area (Å²) in [4.78, 5) is 10.0. The smallest absolute Gasteiger partial charge is 0.167 e. The fraction of sp³-hybridized carbons (Fsp3) is 0.355. The molecule has 0 fully saturated rings. The Morgan fingerprint density at radius 3 is 2.35 bits per heavy atom. The molecule has 3 heterocycles. The van der Waals surface area contributed by atoms with Crippen LogP contribution in [0.1, 0.15) is 41.9 Å². The summed E-state index contributed by atoms with van der Waals surface area (Å²) in [6.07, 6.45) is 2.19. The summed E-state index contributed by atoms with van der Waals surface area (Å²) < 4.78 is 15.0. The minimum absolute atomic E-state index is 0.136. The van der Waals surface area contributed by atoms with Crippen molar-refractivity contribution >= 4 is 22.2 Å². The second kappa shape index (κ2) is 11.4. The number of aromatic nitrogens is 6. The van der Waals surface area contributed by atoms with E-state index in [1.165, 1.54) is 5.56 Å². The second-order valence-electron chi connectivity index (χ2n) is 10.2. The number of methoxy groups -OCH3 is 2. The molecule has 5 rings (SSSR count). The van der Waals surface area contributed by atoms with Crippen molar-refractivity contribution in [2.24, 2.45) is 5.92 Å². The van der Waals surface area contributed by atoms with Gasteiger partial charge in [-0.3, -0.25) is 4.68 Å². The normalized spacial score (nSPS) is 12.2. The molecule has 0 spiro atoms. The minimum atomic E-state index is 0.136. The highest BCUT2D eigenvalue weighted by Gasteiger charge is 2.21. The number of allylic oxidation sites excluding steroid dienone is 1. The molecule has 0 saturated carbocycles. The lowest BCUT2D eigenvalue weighted by Crippen LogP contribution is -2.16. The minimum Gasteiger partial charge on any atom is -0.493 e. The van der Waals surface area contributed by atoms with E-state index in [0.717, 1.165) is 57.4 Å². The van der Waals surface area contributed by atoms with Gasteiger partial charge in [-0.15, -0.1) is 5.10 Å². The lowest BCUT2D eigenvalue weighted by Gasteiger charge is -2.20. The van der Waals surface area contributed by atoms with E-state index in [1.54, 1.807) is 14.2 Å². The first-order valence-electron chi connectivity index (χ1n) is 13.6. The van der Waals surface area contributed by atoms with Gasteiger partial charge in [0.15, 0.2) is 23.0 Å². The van der Waals surface area contributed by atoms with Crippen molar-refractivity contribution in [2.75, 3.05) is 19.5 Å². The summed E-state index contributed by atoms with van der Waals surface area (Å²) in [6.45, 7) is 13.4. The molecule has 0 aliphatic carbocycles. The summed E-state index contributed by atoms with van der Waals surface area (Å²) in [6, 6.07) is 14.2. The lowest BCUT2D eigenvalue weighted by atomic mass is 9.98. The number of nitrogens with zero attached hydrogens (tertiary/aromatic N) is 6. The molecule has 9 heteroatoms. The highest BCUT2D eigenvalue weighted by Crippen LogP contribution is 2.34. The molecule has 2 aromatic carbocycles. The summed E-state index contributed by atoms with van der Waals surface area (Å²) >= 11 is 0. The average molecular weight is 540 g/mol. The summed E-state index contributed by atoms with van der Waals surface area (Å²) in [5.74, 6) is 2.94. The van der Waals surface area contributed by atoms with Crippen LogP contribution in [-0.4, -0.2) is 43.6 Å². The summed E-state index contributed by atoms with van der Waals surface area (Å²) in [5.41, 5.74) is 6.84. The van der Waals surface area contributed by atoms with Crippen LogP contribution in [-0.2, 0) is 19.4 Å². The molecular formula is C31H37N7O2. The number of hydrogen-bond acceptors (Lipinski definition) is 7. The van der Waals surface area contributed by atoms with Crippen molar-refractivity contribution in [2.45, 2.75) is 53.5 Å². The van der Waals surface area contributed by atoms with E-state index >= 15 is 0 Å². The maximum atomic E-state index is 5.59. The Bertz CT molecular complexity index is 1670. The van der Waals surface area contributed by atoms with Crippen LogP contribution in [0.25, 0.3) is 16.6 Å². The number of benzene rings is 2. The molecule has 1 unspecified atom stereocenters. The first-order chi connectivity index (χ1) is 19.3. The molecule has 208 valence electrons. The van der Waals surface area contributed by atoms with E-state index in [-0.39, 0.29) is 5.92 Å². The molecule has 1 atom stereocenters. The summed E-state index contributed by atoms with van der Waals surface area (Å²) in [5, 5.41) is 13.9. The van der Waals surface area contributed by atoms with Gasteiger partial charge in [-0.25, -0.2) is 9.97 Å². The SMILES string of the molecule is C=C(Nc1ccc(C)cc1)C(CC)Cc1nc2cc(OC)c(OC)cc2c2nc(CCn3nc(C)cc3C)nn12. The van der Waals surface area contributed by atoms with Crippen molar-refractivity contribution in [3.05, 3.63) is 83.3 Å².